The van der Waals surface area contributed by atoms with Gasteiger partial charge in [-0.25, -0.2) is 13.1 Å². The third-order valence-corrected chi connectivity index (χ3v) is 5.15. The SMILES string of the molecule is CCN1CCCC(NS(=O)(=O)c2ccccc2C#N)C1. The van der Waals surface area contributed by atoms with E-state index >= 15 is 0 Å². The predicted molar refractivity (Wildman–Crippen MR) is 76.6 cm³/mol. The van der Waals surface area contributed by atoms with Crippen molar-refractivity contribution < 1.29 is 8.42 Å². The van der Waals surface area contributed by atoms with Gasteiger partial charge < -0.3 is 4.90 Å². The van der Waals surface area contributed by atoms with Crippen molar-refractivity contribution in [3.05, 3.63) is 29.8 Å². The summed E-state index contributed by atoms with van der Waals surface area (Å²) in [5.41, 5.74) is 0.183. The van der Waals surface area contributed by atoms with Crippen LogP contribution in [0.3, 0.4) is 0 Å². The molecule has 0 aliphatic carbocycles. The van der Waals surface area contributed by atoms with E-state index in [1.54, 1.807) is 12.1 Å². The van der Waals surface area contributed by atoms with Crippen molar-refractivity contribution in [2.24, 2.45) is 0 Å². The van der Waals surface area contributed by atoms with Gasteiger partial charge in [-0.3, -0.25) is 0 Å². The van der Waals surface area contributed by atoms with Gasteiger partial charge in [-0.05, 0) is 38.1 Å². The van der Waals surface area contributed by atoms with Crippen molar-refractivity contribution in [2.75, 3.05) is 19.6 Å². The summed E-state index contributed by atoms with van der Waals surface area (Å²) in [6.45, 7) is 4.74. The Morgan fingerprint density at radius 1 is 1.45 bits per heavy atom. The zero-order chi connectivity index (χ0) is 14.6. The lowest BCUT2D eigenvalue weighted by Crippen LogP contribution is -2.47. The molecule has 108 valence electrons. The van der Waals surface area contributed by atoms with Crippen molar-refractivity contribution in [3.8, 4) is 6.07 Å². The van der Waals surface area contributed by atoms with E-state index in [4.69, 9.17) is 5.26 Å². The maximum absolute atomic E-state index is 12.4. The Kier molecular flexibility index (Phi) is 4.76. The molecule has 1 unspecified atom stereocenters. The predicted octanol–water partition coefficient (Wildman–Crippen LogP) is 1.32. The van der Waals surface area contributed by atoms with E-state index in [1.165, 1.54) is 12.1 Å². The number of hydrogen-bond acceptors (Lipinski definition) is 4. The van der Waals surface area contributed by atoms with E-state index in [1.807, 2.05) is 6.07 Å². The fourth-order valence-corrected chi connectivity index (χ4v) is 3.93. The fourth-order valence-electron chi connectivity index (χ4n) is 2.52. The highest BCUT2D eigenvalue weighted by atomic mass is 32.2. The van der Waals surface area contributed by atoms with Crippen molar-refractivity contribution in [2.45, 2.75) is 30.7 Å². The van der Waals surface area contributed by atoms with E-state index in [2.05, 4.69) is 16.5 Å². The molecule has 1 aliphatic rings. The first kappa shape index (κ1) is 15.0. The van der Waals surface area contributed by atoms with Crippen LogP contribution in [0.2, 0.25) is 0 Å². The second kappa shape index (κ2) is 6.35. The van der Waals surface area contributed by atoms with Crippen molar-refractivity contribution in [1.29, 1.82) is 5.26 Å². The Hall–Kier alpha value is -1.42. The number of sulfonamides is 1. The maximum Gasteiger partial charge on any atom is 0.242 e. The van der Waals surface area contributed by atoms with Crippen LogP contribution in [-0.4, -0.2) is 39.0 Å². The fraction of sp³-hybridized carbons (Fsp3) is 0.500. The Balaban J connectivity index is 2.17. The van der Waals surface area contributed by atoms with Crippen LogP contribution in [-0.2, 0) is 10.0 Å². The molecule has 1 aliphatic heterocycles. The maximum atomic E-state index is 12.4. The zero-order valence-electron chi connectivity index (χ0n) is 11.5. The van der Waals surface area contributed by atoms with E-state index in [0.29, 0.717) is 0 Å². The summed E-state index contributed by atoms with van der Waals surface area (Å²) in [4.78, 5) is 2.29. The molecule has 1 N–H and O–H groups in total. The Morgan fingerprint density at radius 3 is 2.90 bits per heavy atom. The van der Waals surface area contributed by atoms with Crippen LogP contribution < -0.4 is 4.72 Å². The van der Waals surface area contributed by atoms with Gasteiger partial charge in [0.2, 0.25) is 10.0 Å². The molecule has 1 atom stereocenters. The first-order valence-corrected chi connectivity index (χ1v) is 8.29. The minimum Gasteiger partial charge on any atom is -0.302 e. The van der Waals surface area contributed by atoms with E-state index in [9.17, 15) is 8.42 Å². The average molecular weight is 293 g/mol. The van der Waals surface area contributed by atoms with E-state index in [-0.39, 0.29) is 16.5 Å². The van der Waals surface area contributed by atoms with Crippen LogP contribution in [0.5, 0.6) is 0 Å². The summed E-state index contributed by atoms with van der Waals surface area (Å²) in [6, 6.07) is 8.14. The minimum absolute atomic E-state index is 0.0659. The first-order chi connectivity index (χ1) is 9.56. The molecule has 2 rings (SSSR count). The number of piperidine rings is 1. The number of nitriles is 1. The summed E-state index contributed by atoms with van der Waals surface area (Å²) >= 11 is 0. The Bertz CT molecular complexity index is 607. The van der Waals surface area contributed by atoms with Crippen LogP contribution in [0.4, 0.5) is 0 Å². The van der Waals surface area contributed by atoms with Crippen LogP contribution in [0, 0.1) is 11.3 Å². The van der Waals surface area contributed by atoms with Crippen LogP contribution >= 0.6 is 0 Å². The molecule has 0 saturated carbocycles. The summed E-state index contributed by atoms with van der Waals surface area (Å²) in [7, 11) is -3.63. The molecule has 1 aromatic carbocycles. The summed E-state index contributed by atoms with van der Waals surface area (Å²) in [5, 5.41) is 9.02. The molecular formula is C14H19N3O2S. The molecule has 0 amide bonds. The number of rotatable bonds is 4. The molecule has 6 heteroatoms. The van der Waals surface area contributed by atoms with Crippen LogP contribution in [0.25, 0.3) is 0 Å². The highest BCUT2D eigenvalue weighted by Gasteiger charge is 2.26. The summed E-state index contributed by atoms with van der Waals surface area (Å²) < 4.78 is 27.5. The van der Waals surface area contributed by atoms with Crippen molar-refractivity contribution in [3.63, 3.8) is 0 Å². The highest BCUT2D eigenvalue weighted by Crippen LogP contribution is 2.17. The van der Waals surface area contributed by atoms with Gasteiger partial charge in [0.25, 0.3) is 0 Å². The lowest BCUT2D eigenvalue weighted by Gasteiger charge is -2.32. The molecule has 20 heavy (non-hydrogen) atoms. The largest absolute Gasteiger partial charge is 0.302 e. The Labute approximate surface area is 120 Å². The lowest BCUT2D eigenvalue weighted by molar-refractivity contribution is 0.211. The van der Waals surface area contributed by atoms with Crippen molar-refractivity contribution in [1.82, 2.24) is 9.62 Å². The lowest BCUT2D eigenvalue weighted by atomic mass is 10.1. The Morgan fingerprint density at radius 2 is 2.20 bits per heavy atom. The standard InChI is InChI=1S/C14H19N3O2S/c1-2-17-9-5-7-13(11-17)16-20(18,19)14-8-4-3-6-12(14)10-15/h3-4,6,8,13,16H,2,5,7,9,11H2,1H3. The number of nitrogens with zero attached hydrogens (tertiary/aromatic N) is 2. The van der Waals surface area contributed by atoms with Crippen LogP contribution in [0.1, 0.15) is 25.3 Å². The first-order valence-electron chi connectivity index (χ1n) is 6.80. The molecule has 5 nitrogen and oxygen atoms in total. The number of benzene rings is 1. The van der Waals surface area contributed by atoms with Gasteiger partial charge in [0, 0.05) is 12.6 Å². The van der Waals surface area contributed by atoms with Crippen molar-refractivity contribution >= 4 is 10.0 Å². The molecule has 1 saturated heterocycles. The van der Waals surface area contributed by atoms with Crippen LogP contribution in [0.15, 0.2) is 29.2 Å². The van der Waals surface area contributed by atoms with Gasteiger partial charge in [0.1, 0.15) is 6.07 Å². The van der Waals surface area contributed by atoms with Gasteiger partial charge in [0.05, 0.1) is 10.5 Å². The highest BCUT2D eigenvalue weighted by molar-refractivity contribution is 7.89. The average Bonchev–Trinajstić information content (AvgIpc) is 2.47. The topological polar surface area (TPSA) is 73.2 Å². The third kappa shape index (κ3) is 3.37. The molecular weight excluding hydrogens is 274 g/mol. The molecule has 1 aromatic rings. The molecule has 1 heterocycles. The number of nitrogens with one attached hydrogen (secondary N) is 1. The van der Waals surface area contributed by atoms with Gasteiger partial charge in [-0.2, -0.15) is 5.26 Å². The van der Waals surface area contributed by atoms with Gasteiger partial charge in [0.15, 0.2) is 0 Å². The van der Waals surface area contributed by atoms with Gasteiger partial charge in [-0.15, -0.1) is 0 Å². The second-order valence-corrected chi connectivity index (χ2v) is 6.64. The molecule has 0 radical (unpaired) electrons. The second-order valence-electron chi connectivity index (χ2n) is 4.96. The number of hydrogen-bond donors (Lipinski definition) is 1. The normalized spacial score (nSPS) is 20.5. The molecule has 0 spiro atoms. The quantitative estimate of drug-likeness (QED) is 0.908. The molecule has 1 fully saturated rings. The van der Waals surface area contributed by atoms with E-state index < -0.39 is 10.0 Å². The number of likely N-dealkylation sites (N-methyl/N-ethyl adjacent to an activating group) is 1. The third-order valence-electron chi connectivity index (χ3n) is 3.57. The molecule has 0 aromatic heterocycles. The summed E-state index contributed by atoms with van der Waals surface area (Å²) in [5.74, 6) is 0. The number of likely N-dealkylation sites (tertiary alicyclic amines) is 1. The summed E-state index contributed by atoms with van der Waals surface area (Å²) in [6.07, 6.45) is 1.82. The minimum atomic E-state index is -3.63. The van der Waals surface area contributed by atoms with Gasteiger partial charge >= 0.3 is 0 Å². The van der Waals surface area contributed by atoms with E-state index in [0.717, 1.165) is 32.5 Å². The zero-order valence-corrected chi connectivity index (χ0v) is 12.4. The molecule has 0 bridgehead atoms. The monoisotopic (exact) mass is 293 g/mol. The smallest absolute Gasteiger partial charge is 0.242 e. The van der Waals surface area contributed by atoms with Gasteiger partial charge in [-0.1, -0.05) is 19.1 Å².